The SMILES string of the molecule is Cn1cc(NC(=O)c2cccc(-n3cccn3)c2)cc1C(N)=O. The molecule has 116 valence electrons. The predicted octanol–water partition coefficient (Wildman–Crippen LogP) is 1.56. The van der Waals surface area contributed by atoms with Crippen molar-refractivity contribution in [3.63, 3.8) is 0 Å². The maximum atomic E-state index is 12.4. The van der Waals surface area contributed by atoms with E-state index in [0.717, 1.165) is 5.69 Å². The normalized spacial score (nSPS) is 10.5. The zero-order chi connectivity index (χ0) is 16.4. The minimum Gasteiger partial charge on any atom is -0.364 e. The number of rotatable bonds is 4. The van der Waals surface area contributed by atoms with Gasteiger partial charge in [0.05, 0.1) is 11.4 Å². The van der Waals surface area contributed by atoms with E-state index in [9.17, 15) is 9.59 Å². The fourth-order valence-corrected chi connectivity index (χ4v) is 2.29. The summed E-state index contributed by atoms with van der Waals surface area (Å²) < 4.78 is 3.24. The van der Waals surface area contributed by atoms with Crippen LogP contribution in [0.1, 0.15) is 20.8 Å². The van der Waals surface area contributed by atoms with Crippen molar-refractivity contribution >= 4 is 17.5 Å². The molecule has 0 aliphatic carbocycles. The average Bonchev–Trinajstić information content (AvgIpc) is 3.17. The van der Waals surface area contributed by atoms with E-state index >= 15 is 0 Å². The monoisotopic (exact) mass is 309 g/mol. The first-order valence-electron chi connectivity index (χ1n) is 6.92. The van der Waals surface area contributed by atoms with Gasteiger partial charge < -0.3 is 15.6 Å². The molecule has 0 spiro atoms. The number of primary amides is 1. The standard InChI is InChI=1S/C16H15N5O2/c1-20-10-12(9-14(20)15(17)22)19-16(23)11-4-2-5-13(8-11)21-7-3-6-18-21/h2-10H,1H3,(H2,17,22)(H,19,23). The van der Waals surface area contributed by atoms with E-state index < -0.39 is 5.91 Å². The fraction of sp³-hybridized carbons (Fsp3) is 0.0625. The molecule has 3 aromatic rings. The number of benzene rings is 1. The second kappa shape index (κ2) is 5.80. The summed E-state index contributed by atoms with van der Waals surface area (Å²) in [7, 11) is 1.69. The third-order valence-electron chi connectivity index (χ3n) is 3.39. The van der Waals surface area contributed by atoms with Crippen LogP contribution >= 0.6 is 0 Å². The number of amides is 2. The third-order valence-corrected chi connectivity index (χ3v) is 3.39. The largest absolute Gasteiger partial charge is 0.364 e. The summed E-state index contributed by atoms with van der Waals surface area (Å²) in [6.45, 7) is 0. The maximum Gasteiger partial charge on any atom is 0.265 e. The van der Waals surface area contributed by atoms with Gasteiger partial charge in [-0.1, -0.05) is 6.07 Å². The molecule has 0 saturated heterocycles. The first-order valence-corrected chi connectivity index (χ1v) is 6.92. The Labute approximate surface area is 132 Å². The second-order valence-corrected chi connectivity index (χ2v) is 5.04. The molecular formula is C16H15N5O2. The van der Waals surface area contributed by atoms with Crippen molar-refractivity contribution < 1.29 is 9.59 Å². The van der Waals surface area contributed by atoms with Crippen molar-refractivity contribution in [3.05, 3.63) is 66.2 Å². The van der Waals surface area contributed by atoms with Crippen molar-refractivity contribution in [1.29, 1.82) is 0 Å². The minimum absolute atomic E-state index is 0.277. The van der Waals surface area contributed by atoms with Crippen LogP contribution in [0.15, 0.2) is 55.0 Å². The van der Waals surface area contributed by atoms with Crippen molar-refractivity contribution in [2.24, 2.45) is 12.8 Å². The molecule has 0 aliphatic heterocycles. The molecule has 0 bridgehead atoms. The van der Waals surface area contributed by atoms with E-state index in [2.05, 4.69) is 10.4 Å². The molecule has 1 aromatic carbocycles. The Morgan fingerprint density at radius 1 is 1.22 bits per heavy atom. The predicted molar refractivity (Wildman–Crippen MR) is 85.4 cm³/mol. The van der Waals surface area contributed by atoms with Gasteiger partial charge in [-0.3, -0.25) is 9.59 Å². The molecule has 3 N–H and O–H groups in total. The molecular weight excluding hydrogens is 294 g/mol. The van der Waals surface area contributed by atoms with Crippen LogP contribution in [-0.2, 0) is 7.05 Å². The molecule has 0 fully saturated rings. The average molecular weight is 309 g/mol. The lowest BCUT2D eigenvalue weighted by Gasteiger charge is -2.06. The molecule has 2 aromatic heterocycles. The lowest BCUT2D eigenvalue weighted by atomic mass is 10.2. The summed E-state index contributed by atoms with van der Waals surface area (Å²) in [5.41, 5.74) is 7.37. The van der Waals surface area contributed by atoms with Crippen LogP contribution in [0.4, 0.5) is 5.69 Å². The van der Waals surface area contributed by atoms with Crippen LogP contribution < -0.4 is 11.1 Å². The van der Waals surface area contributed by atoms with Crippen LogP contribution in [0.25, 0.3) is 5.69 Å². The quantitative estimate of drug-likeness (QED) is 0.765. The third kappa shape index (κ3) is 2.98. The van der Waals surface area contributed by atoms with E-state index in [1.54, 1.807) is 53.1 Å². The highest BCUT2D eigenvalue weighted by Crippen LogP contribution is 2.15. The highest BCUT2D eigenvalue weighted by molar-refractivity contribution is 6.05. The summed E-state index contributed by atoms with van der Waals surface area (Å²) in [6, 6.07) is 10.4. The molecule has 0 saturated carbocycles. The summed E-state index contributed by atoms with van der Waals surface area (Å²) in [5, 5.41) is 6.89. The van der Waals surface area contributed by atoms with Crippen molar-refractivity contribution in [2.75, 3.05) is 5.32 Å². The van der Waals surface area contributed by atoms with Gasteiger partial charge in [0.1, 0.15) is 5.69 Å². The smallest absolute Gasteiger partial charge is 0.265 e. The van der Waals surface area contributed by atoms with Gasteiger partial charge in [0.25, 0.3) is 11.8 Å². The first-order chi connectivity index (χ1) is 11.0. The van der Waals surface area contributed by atoms with Gasteiger partial charge in [0.2, 0.25) is 0 Å². The molecule has 3 rings (SSSR count). The van der Waals surface area contributed by atoms with E-state index in [-0.39, 0.29) is 5.91 Å². The topological polar surface area (TPSA) is 94.9 Å². The van der Waals surface area contributed by atoms with Crippen molar-refractivity contribution in [3.8, 4) is 5.69 Å². The molecule has 0 unspecified atom stereocenters. The number of nitrogens with one attached hydrogen (secondary N) is 1. The molecule has 0 aliphatic rings. The van der Waals surface area contributed by atoms with Gasteiger partial charge in [-0.05, 0) is 30.3 Å². The number of carbonyl (C=O) groups is 2. The van der Waals surface area contributed by atoms with Crippen molar-refractivity contribution in [2.45, 2.75) is 0 Å². The van der Waals surface area contributed by atoms with E-state index in [4.69, 9.17) is 5.73 Å². The number of hydrogen-bond acceptors (Lipinski definition) is 3. The number of hydrogen-bond donors (Lipinski definition) is 2. The summed E-state index contributed by atoms with van der Waals surface area (Å²) >= 11 is 0. The van der Waals surface area contributed by atoms with Crippen LogP contribution in [-0.4, -0.2) is 26.2 Å². The number of aryl methyl sites for hydroxylation is 1. The molecule has 2 heterocycles. The van der Waals surface area contributed by atoms with Gasteiger partial charge in [-0.2, -0.15) is 5.10 Å². The Hall–Kier alpha value is -3.35. The number of anilines is 1. The van der Waals surface area contributed by atoms with Crippen LogP contribution in [0.5, 0.6) is 0 Å². The molecule has 23 heavy (non-hydrogen) atoms. The first kappa shape index (κ1) is 14.6. The molecule has 0 atom stereocenters. The highest BCUT2D eigenvalue weighted by Gasteiger charge is 2.12. The Kier molecular flexibility index (Phi) is 3.68. The summed E-state index contributed by atoms with van der Waals surface area (Å²) in [5.74, 6) is -0.825. The van der Waals surface area contributed by atoms with Gasteiger partial charge in [0.15, 0.2) is 0 Å². The molecule has 0 radical (unpaired) electrons. The van der Waals surface area contributed by atoms with Gasteiger partial charge in [-0.25, -0.2) is 4.68 Å². The van der Waals surface area contributed by atoms with E-state index in [1.807, 2.05) is 12.1 Å². The Morgan fingerprint density at radius 3 is 2.70 bits per heavy atom. The lowest BCUT2D eigenvalue weighted by Crippen LogP contribution is -2.14. The van der Waals surface area contributed by atoms with Gasteiger partial charge in [0, 0.05) is 31.2 Å². The minimum atomic E-state index is -0.548. The van der Waals surface area contributed by atoms with Crippen LogP contribution in [0.2, 0.25) is 0 Å². The van der Waals surface area contributed by atoms with Crippen molar-refractivity contribution in [1.82, 2.24) is 14.3 Å². The molecule has 7 heteroatoms. The summed E-state index contributed by atoms with van der Waals surface area (Å²) in [4.78, 5) is 23.6. The number of nitrogens with two attached hydrogens (primary N) is 1. The fourth-order valence-electron chi connectivity index (χ4n) is 2.29. The Morgan fingerprint density at radius 2 is 2.04 bits per heavy atom. The van der Waals surface area contributed by atoms with E-state index in [1.165, 1.54) is 6.07 Å². The number of nitrogens with zero attached hydrogens (tertiary/aromatic N) is 3. The Balaban J connectivity index is 1.82. The summed E-state index contributed by atoms with van der Waals surface area (Å²) in [6.07, 6.45) is 5.10. The van der Waals surface area contributed by atoms with Crippen LogP contribution in [0.3, 0.4) is 0 Å². The highest BCUT2D eigenvalue weighted by atomic mass is 16.2. The van der Waals surface area contributed by atoms with E-state index in [0.29, 0.717) is 16.9 Å². The number of carbonyl (C=O) groups excluding carboxylic acids is 2. The molecule has 7 nitrogen and oxygen atoms in total. The van der Waals surface area contributed by atoms with Crippen LogP contribution in [0, 0.1) is 0 Å². The Bertz CT molecular complexity index is 864. The zero-order valence-corrected chi connectivity index (χ0v) is 12.4. The van der Waals surface area contributed by atoms with Gasteiger partial charge >= 0.3 is 0 Å². The second-order valence-electron chi connectivity index (χ2n) is 5.04. The zero-order valence-electron chi connectivity index (χ0n) is 12.4. The van der Waals surface area contributed by atoms with Gasteiger partial charge in [-0.15, -0.1) is 0 Å². The lowest BCUT2D eigenvalue weighted by molar-refractivity contribution is 0.0990. The number of aromatic nitrogens is 3. The maximum absolute atomic E-state index is 12.4. The molecule has 2 amide bonds.